The molecule has 0 spiro atoms. The number of aromatic nitrogens is 1. The van der Waals surface area contributed by atoms with Crippen molar-refractivity contribution in [1.82, 2.24) is 9.88 Å². The Balaban J connectivity index is 1.82. The Morgan fingerprint density at radius 3 is 2.68 bits per heavy atom. The molecule has 0 saturated carbocycles. The van der Waals surface area contributed by atoms with Crippen LogP contribution in [0.5, 0.6) is 5.75 Å². The molecule has 2 aromatic carbocycles. The summed E-state index contributed by atoms with van der Waals surface area (Å²) < 4.78 is 7.34. The largest absolute Gasteiger partial charge is 0.497 e. The number of carbonyl (C=O) groups excluding carboxylic acids is 2. The summed E-state index contributed by atoms with van der Waals surface area (Å²) in [5, 5.41) is 4.05. The van der Waals surface area contributed by atoms with Crippen molar-refractivity contribution >= 4 is 28.4 Å². The van der Waals surface area contributed by atoms with Gasteiger partial charge in [-0.3, -0.25) is 14.5 Å². The molecule has 6 heteroatoms. The molecule has 1 aromatic heterocycles. The zero-order valence-electron chi connectivity index (χ0n) is 18.5. The van der Waals surface area contributed by atoms with Crippen molar-refractivity contribution < 1.29 is 14.3 Å². The van der Waals surface area contributed by atoms with Crippen molar-refractivity contribution in [3.63, 3.8) is 0 Å². The summed E-state index contributed by atoms with van der Waals surface area (Å²) in [5.41, 5.74) is 1.09. The molecule has 6 nitrogen and oxygen atoms in total. The van der Waals surface area contributed by atoms with Crippen LogP contribution in [0.1, 0.15) is 37.7 Å². The summed E-state index contributed by atoms with van der Waals surface area (Å²) in [7, 11) is 1.59. The number of para-hydroxylation sites is 1. The second kappa shape index (κ2) is 8.10. The number of benzene rings is 2. The number of anilines is 1. The molecule has 0 radical (unpaired) electrons. The predicted octanol–water partition coefficient (Wildman–Crippen LogP) is 4.23. The van der Waals surface area contributed by atoms with E-state index in [4.69, 9.17) is 4.74 Å². The standard InChI is InChI=1S/C25H29N3O3/c1-17(2)12-13-26-24(30)25(3)16-27-21-11-6-5-8-18(21)14-22(27)23(29)28(25)19-9-7-10-20(15-19)31-4/h5-11,14-15,17H,12-13,16H2,1-4H3,(H,26,30)/t25-/m0/s1. The zero-order chi connectivity index (χ0) is 22.2. The number of amides is 2. The molecule has 1 aliphatic heterocycles. The number of hydrogen-bond acceptors (Lipinski definition) is 3. The number of fused-ring (bicyclic) bond motifs is 3. The van der Waals surface area contributed by atoms with Crippen LogP contribution in [0.15, 0.2) is 54.6 Å². The van der Waals surface area contributed by atoms with E-state index >= 15 is 0 Å². The molecular weight excluding hydrogens is 390 g/mol. The van der Waals surface area contributed by atoms with Gasteiger partial charge in [-0.05, 0) is 43.5 Å². The van der Waals surface area contributed by atoms with Crippen LogP contribution in [0, 0.1) is 5.92 Å². The number of carbonyl (C=O) groups is 2. The maximum Gasteiger partial charge on any atom is 0.275 e. The topological polar surface area (TPSA) is 63.6 Å². The van der Waals surface area contributed by atoms with Gasteiger partial charge in [0.05, 0.1) is 13.7 Å². The van der Waals surface area contributed by atoms with E-state index in [9.17, 15) is 9.59 Å². The lowest BCUT2D eigenvalue weighted by Gasteiger charge is -2.44. The number of methoxy groups -OCH3 is 1. The molecule has 0 aliphatic carbocycles. The van der Waals surface area contributed by atoms with E-state index in [0.29, 0.717) is 36.1 Å². The van der Waals surface area contributed by atoms with Crippen molar-refractivity contribution in [2.45, 2.75) is 39.3 Å². The van der Waals surface area contributed by atoms with E-state index in [2.05, 4.69) is 19.2 Å². The predicted molar refractivity (Wildman–Crippen MR) is 123 cm³/mol. The number of rotatable bonds is 6. The fraction of sp³-hybridized carbons (Fsp3) is 0.360. The van der Waals surface area contributed by atoms with Gasteiger partial charge in [-0.2, -0.15) is 0 Å². The molecule has 0 fully saturated rings. The van der Waals surface area contributed by atoms with Crippen molar-refractivity contribution in [3.05, 3.63) is 60.3 Å². The number of nitrogens with one attached hydrogen (secondary N) is 1. The molecule has 0 unspecified atom stereocenters. The Kier molecular flexibility index (Phi) is 5.48. The summed E-state index contributed by atoms with van der Waals surface area (Å²) in [6, 6.07) is 17.1. The number of hydrogen-bond donors (Lipinski definition) is 1. The first-order valence-electron chi connectivity index (χ1n) is 10.7. The van der Waals surface area contributed by atoms with Crippen LogP contribution in [0.3, 0.4) is 0 Å². The van der Waals surface area contributed by atoms with Crippen LogP contribution in [0.4, 0.5) is 5.69 Å². The van der Waals surface area contributed by atoms with E-state index in [-0.39, 0.29) is 11.8 Å². The van der Waals surface area contributed by atoms with Crippen LogP contribution >= 0.6 is 0 Å². The van der Waals surface area contributed by atoms with Crippen molar-refractivity contribution in [2.75, 3.05) is 18.6 Å². The van der Waals surface area contributed by atoms with Gasteiger partial charge in [0.1, 0.15) is 17.0 Å². The van der Waals surface area contributed by atoms with Crippen molar-refractivity contribution in [3.8, 4) is 5.75 Å². The molecular formula is C25H29N3O3. The molecule has 31 heavy (non-hydrogen) atoms. The highest BCUT2D eigenvalue weighted by molar-refractivity contribution is 6.14. The Hall–Kier alpha value is -3.28. The van der Waals surface area contributed by atoms with Gasteiger partial charge in [0.2, 0.25) is 5.91 Å². The summed E-state index contributed by atoms with van der Waals surface area (Å²) in [4.78, 5) is 28.9. The van der Waals surface area contributed by atoms with Gasteiger partial charge in [-0.1, -0.05) is 38.1 Å². The quantitative estimate of drug-likeness (QED) is 0.650. The molecule has 162 valence electrons. The fourth-order valence-electron chi connectivity index (χ4n) is 4.27. The Morgan fingerprint density at radius 1 is 1.16 bits per heavy atom. The van der Waals surface area contributed by atoms with Crippen LogP contribution in [-0.2, 0) is 11.3 Å². The van der Waals surface area contributed by atoms with Crippen LogP contribution in [0.2, 0.25) is 0 Å². The molecule has 1 atom stereocenters. The highest BCUT2D eigenvalue weighted by Gasteiger charge is 2.48. The Morgan fingerprint density at radius 2 is 1.94 bits per heavy atom. The number of ether oxygens (including phenoxy) is 1. The maximum atomic E-state index is 13.8. The number of nitrogens with zero attached hydrogens (tertiary/aromatic N) is 2. The molecule has 3 aromatic rings. The van der Waals surface area contributed by atoms with Gasteiger partial charge in [-0.25, -0.2) is 0 Å². The monoisotopic (exact) mass is 419 g/mol. The highest BCUT2D eigenvalue weighted by atomic mass is 16.5. The Labute approximate surface area is 182 Å². The molecule has 2 heterocycles. The van der Waals surface area contributed by atoms with E-state index in [1.807, 2.05) is 60.0 Å². The van der Waals surface area contributed by atoms with Gasteiger partial charge >= 0.3 is 0 Å². The minimum atomic E-state index is -1.09. The maximum absolute atomic E-state index is 13.8. The third-order valence-corrected chi connectivity index (χ3v) is 6.00. The third-order valence-electron chi connectivity index (χ3n) is 6.00. The van der Waals surface area contributed by atoms with Crippen LogP contribution in [-0.4, -0.2) is 35.6 Å². The zero-order valence-corrected chi connectivity index (χ0v) is 18.5. The van der Waals surface area contributed by atoms with E-state index in [1.54, 1.807) is 18.1 Å². The van der Waals surface area contributed by atoms with Crippen molar-refractivity contribution in [1.29, 1.82) is 0 Å². The molecule has 1 N–H and O–H groups in total. The van der Waals surface area contributed by atoms with Gasteiger partial charge in [0.15, 0.2) is 0 Å². The molecule has 0 saturated heterocycles. The highest BCUT2D eigenvalue weighted by Crippen LogP contribution is 2.36. The third kappa shape index (κ3) is 3.67. The normalized spacial score (nSPS) is 18.4. The average Bonchev–Trinajstić information content (AvgIpc) is 3.12. The first kappa shape index (κ1) is 21.0. The van der Waals surface area contributed by atoms with Crippen LogP contribution < -0.4 is 15.0 Å². The minimum Gasteiger partial charge on any atom is -0.497 e. The minimum absolute atomic E-state index is 0.159. The lowest BCUT2D eigenvalue weighted by molar-refractivity contribution is -0.126. The van der Waals surface area contributed by atoms with E-state index in [0.717, 1.165) is 17.3 Å². The fourth-order valence-corrected chi connectivity index (χ4v) is 4.27. The molecule has 0 bridgehead atoms. The van der Waals surface area contributed by atoms with E-state index < -0.39 is 5.54 Å². The van der Waals surface area contributed by atoms with Gasteiger partial charge in [0, 0.05) is 29.2 Å². The molecule has 1 aliphatic rings. The van der Waals surface area contributed by atoms with E-state index in [1.165, 1.54) is 0 Å². The molecule has 2 amide bonds. The first-order chi connectivity index (χ1) is 14.8. The lowest BCUT2D eigenvalue weighted by Crippen LogP contribution is -2.64. The van der Waals surface area contributed by atoms with Gasteiger partial charge in [0.25, 0.3) is 5.91 Å². The van der Waals surface area contributed by atoms with Gasteiger partial charge < -0.3 is 14.6 Å². The van der Waals surface area contributed by atoms with Crippen LogP contribution in [0.25, 0.3) is 10.9 Å². The smallest absolute Gasteiger partial charge is 0.275 e. The SMILES string of the molecule is COc1cccc(N2C(=O)c3cc4ccccc4n3C[C@@]2(C)C(=O)NCCC(C)C)c1. The first-order valence-corrected chi connectivity index (χ1v) is 10.7. The summed E-state index contributed by atoms with van der Waals surface area (Å²) in [6.07, 6.45) is 0.882. The lowest BCUT2D eigenvalue weighted by atomic mass is 9.93. The second-order valence-corrected chi connectivity index (χ2v) is 8.73. The second-order valence-electron chi connectivity index (χ2n) is 8.73. The summed E-state index contributed by atoms with van der Waals surface area (Å²) >= 11 is 0. The van der Waals surface area contributed by atoms with Gasteiger partial charge in [-0.15, -0.1) is 0 Å². The average molecular weight is 420 g/mol. The summed E-state index contributed by atoms with van der Waals surface area (Å²) in [6.45, 7) is 7.03. The van der Waals surface area contributed by atoms with Crippen molar-refractivity contribution in [2.24, 2.45) is 5.92 Å². The Bertz CT molecular complexity index is 1130. The summed E-state index contributed by atoms with van der Waals surface area (Å²) in [5.74, 6) is 0.763. The molecule has 4 rings (SSSR count).